The number of esters is 1. The van der Waals surface area contributed by atoms with Crippen LogP contribution in [0.1, 0.15) is 34.6 Å². The third kappa shape index (κ3) is 6.60. The molecule has 1 amide bonds. The summed E-state index contributed by atoms with van der Waals surface area (Å²) in [6.45, 7) is 8.74. The predicted molar refractivity (Wildman–Crippen MR) is 130 cm³/mol. The molecular formula is C25H26BrNO7. The van der Waals surface area contributed by atoms with Crippen LogP contribution in [-0.4, -0.2) is 23.7 Å². The molecule has 180 valence electrons. The molecule has 3 rings (SSSR count). The Morgan fingerprint density at radius 2 is 1.68 bits per heavy atom. The van der Waals surface area contributed by atoms with Gasteiger partial charge in [-0.25, -0.2) is 9.59 Å². The number of alkyl carbamates (subject to hydrolysis) is 1. The van der Waals surface area contributed by atoms with Crippen LogP contribution in [0.3, 0.4) is 0 Å². The summed E-state index contributed by atoms with van der Waals surface area (Å²) in [4.78, 5) is 37.7. The van der Waals surface area contributed by atoms with Gasteiger partial charge in [0.2, 0.25) is 11.2 Å². The minimum Gasteiger partial charge on any atom is -0.460 e. The van der Waals surface area contributed by atoms with Gasteiger partial charge in [-0.05, 0) is 63.1 Å². The normalized spacial score (nSPS) is 12.3. The average molecular weight is 532 g/mol. The van der Waals surface area contributed by atoms with E-state index in [-0.39, 0.29) is 33.8 Å². The summed E-state index contributed by atoms with van der Waals surface area (Å²) in [6, 6.07) is 10.5. The van der Waals surface area contributed by atoms with Crippen molar-refractivity contribution in [3.8, 4) is 17.2 Å². The molecule has 0 radical (unpaired) electrons. The van der Waals surface area contributed by atoms with E-state index in [0.29, 0.717) is 5.75 Å². The monoisotopic (exact) mass is 531 g/mol. The van der Waals surface area contributed by atoms with E-state index < -0.39 is 23.7 Å². The van der Waals surface area contributed by atoms with Gasteiger partial charge in [-0.3, -0.25) is 4.79 Å². The maximum absolute atomic E-state index is 12.8. The smallest absolute Gasteiger partial charge is 0.408 e. The van der Waals surface area contributed by atoms with Crippen LogP contribution >= 0.6 is 15.9 Å². The summed E-state index contributed by atoms with van der Waals surface area (Å²) >= 11 is 3.34. The van der Waals surface area contributed by atoms with Gasteiger partial charge < -0.3 is 23.9 Å². The molecular weight excluding hydrogens is 506 g/mol. The lowest BCUT2D eigenvalue weighted by molar-refractivity contribution is -0.137. The number of benzene rings is 2. The van der Waals surface area contributed by atoms with Crippen molar-refractivity contribution in [2.45, 2.75) is 46.3 Å². The highest BCUT2D eigenvalue weighted by atomic mass is 79.9. The van der Waals surface area contributed by atoms with Crippen LogP contribution in [0, 0.1) is 5.92 Å². The molecule has 34 heavy (non-hydrogen) atoms. The fraction of sp³-hybridized carbons (Fsp3) is 0.320. The third-order valence-electron chi connectivity index (χ3n) is 4.57. The lowest BCUT2D eigenvalue weighted by Gasteiger charge is -2.24. The molecule has 0 aliphatic carbocycles. The maximum Gasteiger partial charge on any atom is 0.408 e. The van der Waals surface area contributed by atoms with E-state index in [0.717, 1.165) is 4.47 Å². The number of carbonyl (C=O) groups is 2. The Labute approximate surface area is 205 Å². The van der Waals surface area contributed by atoms with Crippen molar-refractivity contribution in [3.63, 3.8) is 0 Å². The standard InChI is InChI=1S/C25H26BrNO7/c1-14(2)21(27-24(30)34-25(3,4)5)23(29)33-17-10-11-18-19(12-17)31-13-20(22(18)28)32-16-8-6-15(26)7-9-16/h6-14,21H,1-5H3,(H,27,30). The number of hydrogen-bond acceptors (Lipinski definition) is 7. The molecule has 1 N–H and O–H groups in total. The van der Waals surface area contributed by atoms with E-state index in [2.05, 4.69) is 21.2 Å². The van der Waals surface area contributed by atoms with Gasteiger partial charge >= 0.3 is 12.1 Å². The molecule has 9 heteroatoms. The number of amides is 1. The van der Waals surface area contributed by atoms with Crippen molar-refractivity contribution in [1.82, 2.24) is 5.32 Å². The Morgan fingerprint density at radius 3 is 2.29 bits per heavy atom. The number of hydrogen-bond donors (Lipinski definition) is 1. The van der Waals surface area contributed by atoms with Gasteiger partial charge in [0.1, 0.15) is 35.0 Å². The van der Waals surface area contributed by atoms with Crippen molar-refractivity contribution in [1.29, 1.82) is 0 Å². The Bertz CT molecular complexity index is 1240. The highest BCUT2D eigenvalue weighted by Gasteiger charge is 2.28. The first-order valence-corrected chi connectivity index (χ1v) is 11.4. The van der Waals surface area contributed by atoms with Crippen LogP contribution in [0.4, 0.5) is 4.79 Å². The predicted octanol–water partition coefficient (Wildman–Crippen LogP) is 5.80. The molecule has 0 aliphatic rings. The van der Waals surface area contributed by atoms with Gasteiger partial charge in [0, 0.05) is 10.5 Å². The topological polar surface area (TPSA) is 104 Å². The summed E-state index contributed by atoms with van der Waals surface area (Å²) in [5, 5.41) is 2.81. The lowest BCUT2D eigenvalue weighted by Crippen LogP contribution is -2.48. The summed E-state index contributed by atoms with van der Waals surface area (Å²) in [7, 11) is 0. The highest BCUT2D eigenvalue weighted by Crippen LogP contribution is 2.25. The molecule has 1 heterocycles. The second kappa shape index (κ2) is 10.3. The van der Waals surface area contributed by atoms with E-state index in [4.69, 9.17) is 18.6 Å². The van der Waals surface area contributed by atoms with Crippen molar-refractivity contribution in [2.75, 3.05) is 0 Å². The van der Waals surface area contributed by atoms with Crippen molar-refractivity contribution < 1.29 is 28.2 Å². The van der Waals surface area contributed by atoms with Gasteiger partial charge in [-0.1, -0.05) is 29.8 Å². The van der Waals surface area contributed by atoms with Crippen LogP contribution < -0.4 is 20.2 Å². The summed E-state index contributed by atoms with van der Waals surface area (Å²) in [5.41, 5.74) is -0.848. The van der Waals surface area contributed by atoms with Crippen LogP contribution in [0.15, 0.2) is 62.4 Å². The van der Waals surface area contributed by atoms with Gasteiger partial charge in [-0.2, -0.15) is 0 Å². The molecule has 1 atom stereocenters. The number of ether oxygens (including phenoxy) is 3. The Morgan fingerprint density at radius 1 is 1.03 bits per heavy atom. The van der Waals surface area contributed by atoms with Gasteiger partial charge in [0.05, 0.1) is 5.39 Å². The molecule has 0 aliphatic heterocycles. The molecule has 8 nitrogen and oxygen atoms in total. The zero-order valence-electron chi connectivity index (χ0n) is 19.5. The van der Waals surface area contributed by atoms with Crippen LogP contribution in [0.25, 0.3) is 11.0 Å². The minimum absolute atomic E-state index is 0.0287. The van der Waals surface area contributed by atoms with E-state index in [9.17, 15) is 14.4 Å². The van der Waals surface area contributed by atoms with Crippen molar-refractivity contribution >= 4 is 39.0 Å². The molecule has 1 unspecified atom stereocenters. The minimum atomic E-state index is -0.931. The Kier molecular flexibility index (Phi) is 7.66. The zero-order chi connectivity index (χ0) is 25.0. The largest absolute Gasteiger partial charge is 0.460 e. The second-order valence-corrected chi connectivity index (χ2v) is 9.85. The van der Waals surface area contributed by atoms with E-state index in [1.807, 2.05) is 0 Å². The Hall–Kier alpha value is -3.33. The molecule has 0 saturated heterocycles. The molecule has 1 aromatic heterocycles. The SMILES string of the molecule is CC(C)C(NC(=O)OC(C)(C)C)C(=O)Oc1ccc2c(=O)c(Oc3ccc(Br)cc3)coc2c1. The Balaban J connectivity index is 1.76. The van der Waals surface area contributed by atoms with Gasteiger partial charge in [0.15, 0.2) is 0 Å². The summed E-state index contributed by atoms with van der Waals surface area (Å²) < 4.78 is 22.7. The zero-order valence-corrected chi connectivity index (χ0v) is 21.1. The van der Waals surface area contributed by atoms with Crippen molar-refractivity contribution in [2.24, 2.45) is 5.92 Å². The second-order valence-electron chi connectivity index (χ2n) is 8.93. The number of carbonyl (C=O) groups excluding carboxylic acids is 2. The van der Waals surface area contributed by atoms with Crippen LogP contribution in [0.2, 0.25) is 0 Å². The van der Waals surface area contributed by atoms with Gasteiger partial charge in [-0.15, -0.1) is 0 Å². The number of halogens is 1. The average Bonchev–Trinajstić information content (AvgIpc) is 2.74. The first kappa shape index (κ1) is 25.3. The molecule has 0 bridgehead atoms. The highest BCUT2D eigenvalue weighted by molar-refractivity contribution is 9.10. The van der Waals surface area contributed by atoms with E-state index in [1.165, 1.54) is 24.5 Å². The van der Waals surface area contributed by atoms with Gasteiger partial charge in [0.25, 0.3) is 0 Å². The van der Waals surface area contributed by atoms with Crippen LogP contribution in [-0.2, 0) is 9.53 Å². The number of fused-ring (bicyclic) bond motifs is 1. The fourth-order valence-electron chi connectivity index (χ4n) is 2.97. The first-order valence-electron chi connectivity index (χ1n) is 10.6. The van der Waals surface area contributed by atoms with E-state index >= 15 is 0 Å². The maximum atomic E-state index is 12.8. The summed E-state index contributed by atoms with van der Waals surface area (Å²) in [6.07, 6.45) is 0.491. The first-order chi connectivity index (χ1) is 15.9. The number of rotatable bonds is 6. The molecule has 0 spiro atoms. The molecule has 3 aromatic rings. The van der Waals surface area contributed by atoms with Crippen molar-refractivity contribution in [3.05, 3.63) is 63.4 Å². The quantitative estimate of drug-likeness (QED) is 0.316. The lowest BCUT2D eigenvalue weighted by atomic mass is 10.1. The molecule has 0 saturated carbocycles. The third-order valence-corrected chi connectivity index (χ3v) is 5.10. The molecule has 2 aromatic carbocycles. The summed E-state index contributed by atoms with van der Waals surface area (Å²) in [5.74, 6) is -0.244. The fourth-order valence-corrected chi connectivity index (χ4v) is 3.23. The van der Waals surface area contributed by atoms with E-state index in [1.54, 1.807) is 58.9 Å². The van der Waals surface area contributed by atoms with Crippen LogP contribution in [0.5, 0.6) is 17.2 Å². The molecule has 0 fully saturated rings. The number of nitrogens with one attached hydrogen (secondary N) is 1.